The van der Waals surface area contributed by atoms with Crippen LogP contribution in [0.1, 0.15) is 89.5 Å². The number of carboxylic acids is 2. The van der Waals surface area contributed by atoms with Gasteiger partial charge in [0, 0.05) is 45.3 Å². The minimum atomic E-state index is -1.62. The van der Waals surface area contributed by atoms with Gasteiger partial charge in [0.1, 0.15) is 24.2 Å². The molecular formula is C37H58N8O12. The van der Waals surface area contributed by atoms with Crippen LogP contribution in [-0.2, 0) is 44.8 Å². The summed E-state index contributed by atoms with van der Waals surface area (Å²) in [6.45, 7) is 2.93. The Morgan fingerprint density at radius 3 is 1.81 bits per heavy atom. The van der Waals surface area contributed by atoms with E-state index in [1.807, 2.05) is 30.4 Å². The molecule has 0 saturated carbocycles. The van der Waals surface area contributed by atoms with Crippen LogP contribution in [0.2, 0.25) is 0 Å². The number of aliphatic carboxylic acids is 2. The molecule has 318 valence electrons. The number of unbranched alkanes of at least 4 members (excludes halogenated alkanes) is 3. The highest BCUT2D eigenvalue weighted by molar-refractivity contribution is 5.94. The van der Waals surface area contributed by atoms with Gasteiger partial charge in [-0.1, -0.05) is 43.7 Å². The van der Waals surface area contributed by atoms with Crippen LogP contribution in [-0.4, -0.2) is 119 Å². The second-order valence-electron chi connectivity index (χ2n) is 13.2. The molecule has 12 N–H and O–H groups in total. The number of nitrogens with one attached hydrogen (secondary N) is 7. The highest BCUT2D eigenvalue weighted by Gasteiger charge is 2.29. The van der Waals surface area contributed by atoms with Crippen molar-refractivity contribution < 1.29 is 58.5 Å². The third-order valence-electron chi connectivity index (χ3n) is 8.39. The number of hydrogen-bond donors (Lipinski definition) is 11. The zero-order valence-corrected chi connectivity index (χ0v) is 32.3. The SMILES string of the molecule is CCCNC(=O)CCNC(=O)[C@H](Cc1ccccc1)NC(=O)[C@H](CCCCN)NC(=O)CCCCCNC(=O)[C@H](CC(=O)O)NC(=O)[C@H](CCC(=O)O)NC(=O)O. The Hall–Kier alpha value is -5.79. The molecular weight excluding hydrogens is 748 g/mol. The van der Waals surface area contributed by atoms with Gasteiger partial charge in [-0.05, 0) is 57.1 Å². The number of nitrogens with two attached hydrogens (primary N) is 1. The fourth-order valence-corrected chi connectivity index (χ4v) is 5.40. The summed E-state index contributed by atoms with van der Waals surface area (Å²) in [5.41, 5.74) is 6.43. The molecule has 4 atom stereocenters. The monoisotopic (exact) mass is 806 g/mol. The maximum absolute atomic E-state index is 13.5. The van der Waals surface area contributed by atoms with Gasteiger partial charge in [-0.2, -0.15) is 0 Å². The van der Waals surface area contributed by atoms with Gasteiger partial charge in [0.05, 0.1) is 6.42 Å². The number of hydrogen-bond acceptors (Lipinski definition) is 10. The zero-order valence-electron chi connectivity index (χ0n) is 32.3. The Morgan fingerprint density at radius 1 is 0.561 bits per heavy atom. The molecule has 0 aromatic heterocycles. The third kappa shape index (κ3) is 23.0. The molecule has 1 aromatic carbocycles. The summed E-state index contributed by atoms with van der Waals surface area (Å²) in [6, 6.07) is 3.96. The molecule has 20 heteroatoms. The first kappa shape index (κ1) is 49.2. The van der Waals surface area contributed by atoms with Crippen molar-refractivity contribution in [2.24, 2.45) is 5.73 Å². The highest BCUT2D eigenvalue weighted by Crippen LogP contribution is 2.08. The summed E-state index contributed by atoms with van der Waals surface area (Å²) < 4.78 is 0. The fraction of sp³-hybridized carbons (Fsp3) is 0.595. The molecule has 57 heavy (non-hydrogen) atoms. The summed E-state index contributed by atoms with van der Waals surface area (Å²) in [7, 11) is 0. The van der Waals surface area contributed by atoms with E-state index in [9.17, 15) is 48.3 Å². The van der Waals surface area contributed by atoms with Crippen LogP contribution in [0.15, 0.2) is 30.3 Å². The van der Waals surface area contributed by atoms with E-state index in [1.54, 1.807) is 12.1 Å². The van der Waals surface area contributed by atoms with Crippen LogP contribution in [0, 0.1) is 0 Å². The maximum atomic E-state index is 13.5. The summed E-state index contributed by atoms with van der Waals surface area (Å²) in [6.07, 6.45) is 0.109. The summed E-state index contributed by atoms with van der Waals surface area (Å²) in [5.74, 6) is -6.33. The van der Waals surface area contributed by atoms with Crippen LogP contribution in [0.3, 0.4) is 0 Å². The standard InChI is InChI=1S/C37H58N8O12/c1-2-19-39-29(46)17-21-41-33(52)27(22-24-11-5-3-6-12-24)43-35(54)25(13-8-9-18-38)42-30(47)14-7-4-10-20-40-34(53)28(23-32(50)51)44-36(55)26(45-37(56)57)15-16-31(48)49/h3,5-6,11-12,25-28,45H,2,4,7-10,13-23,38H2,1H3,(H,39,46)(H,40,53)(H,41,52)(H,42,47)(H,43,54)(H,44,55)(H,48,49)(H,50,51)(H,56,57)/t25-,26-,27-,28-/m0/s1. The Bertz CT molecular complexity index is 1480. The van der Waals surface area contributed by atoms with Crippen molar-refractivity contribution in [1.82, 2.24) is 37.2 Å². The van der Waals surface area contributed by atoms with Gasteiger partial charge in [0.2, 0.25) is 35.4 Å². The second kappa shape index (κ2) is 28.6. The molecule has 1 rings (SSSR count). The van der Waals surface area contributed by atoms with Gasteiger partial charge in [-0.15, -0.1) is 0 Å². The molecule has 0 fully saturated rings. The van der Waals surface area contributed by atoms with Crippen LogP contribution in [0.5, 0.6) is 0 Å². The predicted octanol–water partition coefficient (Wildman–Crippen LogP) is -0.503. The van der Waals surface area contributed by atoms with Crippen molar-refractivity contribution in [3.05, 3.63) is 35.9 Å². The lowest BCUT2D eigenvalue weighted by molar-refractivity contribution is -0.140. The van der Waals surface area contributed by atoms with Crippen LogP contribution in [0.4, 0.5) is 4.79 Å². The van der Waals surface area contributed by atoms with Gasteiger partial charge < -0.3 is 58.3 Å². The minimum Gasteiger partial charge on any atom is -0.481 e. The van der Waals surface area contributed by atoms with E-state index in [4.69, 9.17) is 15.9 Å². The van der Waals surface area contributed by atoms with Gasteiger partial charge >= 0.3 is 18.0 Å². The fourth-order valence-electron chi connectivity index (χ4n) is 5.40. The van der Waals surface area contributed by atoms with E-state index >= 15 is 0 Å². The normalized spacial score (nSPS) is 12.7. The molecule has 0 radical (unpaired) electrons. The molecule has 0 spiro atoms. The van der Waals surface area contributed by atoms with Crippen LogP contribution < -0.4 is 43.0 Å². The highest BCUT2D eigenvalue weighted by atomic mass is 16.4. The molecule has 20 nitrogen and oxygen atoms in total. The first-order chi connectivity index (χ1) is 27.2. The van der Waals surface area contributed by atoms with Gasteiger partial charge in [0.15, 0.2) is 0 Å². The third-order valence-corrected chi connectivity index (χ3v) is 8.39. The van der Waals surface area contributed by atoms with E-state index < -0.39 is 91.0 Å². The predicted molar refractivity (Wildman–Crippen MR) is 205 cm³/mol. The number of amides is 7. The van der Waals surface area contributed by atoms with E-state index in [0.29, 0.717) is 45.2 Å². The number of rotatable bonds is 30. The quantitative estimate of drug-likeness (QED) is 0.0438. The van der Waals surface area contributed by atoms with Crippen molar-refractivity contribution in [2.75, 3.05) is 26.2 Å². The summed E-state index contributed by atoms with van der Waals surface area (Å²) >= 11 is 0. The van der Waals surface area contributed by atoms with Crippen molar-refractivity contribution in [3.63, 3.8) is 0 Å². The summed E-state index contributed by atoms with van der Waals surface area (Å²) in [4.78, 5) is 110. The average Bonchev–Trinajstić information content (AvgIpc) is 3.15. The lowest BCUT2D eigenvalue weighted by Crippen LogP contribution is -2.54. The number of carbonyl (C=O) groups is 9. The molecule has 0 aliphatic heterocycles. The lowest BCUT2D eigenvalue weighted by Gasteiger charge is -2.23. The number of benzene rings is 1. The van der Waals surface area contributed by atoms with Crippen molar-refractivity contribution in [2.45, 2.75) is 115 Å². The largest absolute Gasteiger partial charge is 0.481 e. The van der Waals surface area contributed by atoms with Gasteiger partial charge in [-0.25, -0.2) is 4.79 Å². The molecule has 7 amide bonds. The Labute approximate surface area is 331 Å². The topological polar surface area (TPSA) is 325 Å². The smallest absolute Gasteiger partial charge is 0.405 e. The van der Waals surface area contributed by atoms with Gasteiger partial charge in [0.25, 0.3) is 0 Å². The number of carbonyl (C=O) groups excluding carboxylic acids is 6. The Morgan fingerprint density at radius 2 is 1.19 bits per heavy atom. The molecule has 0 saturated heterocycles. The lowest BCUT2D eigenvalue weighted by atomic mass is 10.0. The van der Waals surface area contributed by atoms with Crippen LogP contribution >= 0.6 is 0 Å². The molecule has 0 bridgehead atoms. The molecule has 0 heterocycles. The molecule has 0 aliphatic carbocycles. The van der Waals surface area contributed by atoms with Crippen molar-refractivity contribution >= 4 is 53.5 Å². The van der Waals surface area contributed by atoms with E-state index in [1.165, 1.54) is 0 Å². The Kier molecular flexibility index (Phi) is 24.7. The maximum Gasteiger partial charge on any atom is 0.405 e. The second-order valence-corrected chi connectivity index (χ2v) is 13.2. The van der Waals surface area contributed by atoms with Crippen molar-refractivity contribution in [1.29, 1.82) is 0 Å². The number of carboxylic acid groups (broad SMARTS) is 3. The van der Waals surface area contributed by atoms with Crippen LogP contribution in [0.25, 0.3) is 0 Å². The molecule has 0 unspecified atom stereocenters. The average molecular weight is 807 g/mol. The van der Waals surface area contributed by atoms with Gasteiger partial charge in [-0.3, -0.25) is 38.4 Å². The van der Waals surface area contributed by atoms with Crippen molar-refractivity contribution in [3.8, 4) is 0 Å². The minimum absolute atomic E-state index is 0.0225. The summed E-state index contributed by atoms with van der Waals surface area (Å²) in [5, 5.41) is 44.6. The molecule has 1 aromatic rings. The Balaban J connectivity index is 2.77. The van der Waals surface area contributed by atoms with E-state index in [2.05, 4.69) is 31.9 Å². The first-order valence-electron chi connectivity index (χ1n) is 19.1. The molecule has 0 aliphatic rings. The van der Waals surface area contributed by atoms with E-state index in [-0.39, 0.29) is 44.7 Å². The van der Waals surface area contributed by atoms with E-state index in [0.717, 1.165) is 12.0 Å². The zero-order chi connectivity index (χ0) is 42.6. The first-order valence-corrected chi connectivity index (χ1v) is 19.1.